The smallest absolute Gasteiger partial charge is 0.247 e. The van der Waals surface area contributed by atoms with Gasteiger partial charge in [-0.05, 0) is 6.07 Å². The fourth-order valence-corrected chi connectivity index (χ4v) is 1.14. The summed E-state index contributed by atoms with van der Waals surface area (Å²) in [6.45, 7) is 0.776. The second-order valence-electron chi connectivity index (χ2n) is 2.75. The van der Waals surface area contributed by atoms with Gasteiger partial charge in [-0.25, -0.2) is 4.99 Å². The van der Waals surface area contributed by atoms with Crippen molar-refractivity contribution in [2.75, 3.05) is 6.54 Å². The van der Waals surface area contributed by atoms with E-state index in [4.69, 9.17) is 0 Å². The molecule has 4 heteroatoms. The van der Waals surface area contributed by atoms with Crippen molar-refractivity contribution in [3.8, 4) is 0 Å². The number of amidine groups is 1. The molecule has 13 heavy (non-hydrogen) atoms. The van der Waals surface area contributed by atoms with Gasteiger partial charge in [-0.3, -0.25) is 9.79 Å². The molecule has 1 aromatic heterocycles. The van der Waals surface area contributed by atoms with Gasteiger partial charge >= 0.3 is 0 Å². The van der Waals surface area contributed by atoms with E-state index in [0.29, 0.717) is 5.84 Å². The summed E-state index contributed by atoms with van der Waals surface area (Å²) >= 11 is 0. The third-order valence-corrected chi connectivity index (χ3v) is 1.78. The van der Waals surface area contributed by atoms with Crippen LogP contribution in [0.1, 0.15) is 12.0 Å². The quantitative estimate of drug-likeness (QED) is 0.667. The molecule has 0 saturated carbocycles. The number of aliphatic imine (C=N–C) groups is 2. The molecule has 0 fully saturated rings. The summed E-state index contributed by atoms with van der Waals surface area (Å²) in [5, 5.41) is 0. The maximum absolute atomic E-state index is 10.8. The van der Waals surface area contributed by atoms with Crippen LogP contribution in [0.2, 0.25) is 0 Å². The second-order valence-corrected chi connectivity index (χ2v) is 2.75. The minimum Gasteiger partial charge on any atom is -0.328 e. The zero-order valence-corrected chi connectivity index (χ0v) is 7.03. The number of hydrogen-bond donors (Lipinski definition) is 1. The first-order valence-corrected chi connectivity index (χ1v) is 4.12. The number of nitrogens with one attached hydrogen (secondary N) is 1. The summed E-state index contributed by atoms with van der Waals surface area (Å²) in [6.07, 6.45) is 4.37. The summed E-state index contributed by atoms with van der Waals surface area (Å²) in [4.78, 5) is 21.7. The normalized spacial score (nSPS) is 15.5. The van der Waals surface area contributed by atoms with Crippen molar-refractivity contribution in [1.82, 2.24) is 4.98 Å². The molecule has 1 N–H and O–H groups in total. The zero-order valence-electron chi connectivity index (χ0n) is 7.03. The third-order valence-electron chi connectivity index (χ3n) is 1.78. The molecule has 0 unspecified atom stereocenters. The maximum Gasteiger partial charge on any atom is 0.247 e. The highest BCUT2D eigenvalue weighted by Crippen LogP contribution is 2.02. The Morgan fingerprint density at radius 1 is 1.38 bits per heavy atom. The summed E-state index contributed by atoms with van der Waals surface area (Å²) in [6, 6.07) is 3.20. The summed E-state index contributed by atoms with van der Waals surface area (Å²) < 4.78 is 0. The van der Waals surface area contributed by atoms with Crippen molar-refractivity contribution < 1.29 is 0 Å². The maximum atomic E-state index is 10.8. The lowest BCUT2D eigenvalue weighted by Crippen LogP contribution is -2.09. The van der Waals surface area contributed by atoms with E-state index < -0.39 is 0 Å². The van der Waals surface area contributed by atoms with Crippen LogP contribution in [0.15, 0.2) is 33.1 Å². The molecule has 0 spiro atoms. The Morgan fingerprint density at radius 2 is 2.31 bits per heavy atom. The predicted octanol–water partition coefficient (Wildman–Crippen LogP) is 0.596. The summed E-state index contributed by atoms with van der Waals surface area (Å²) in [5.41, 5.74) is 0.750. The minimum absolute atomic E-state index is 0.107. The van der Waals surface area contributed by atoms with Gasteiger partial charge in [0.2, 0.25) is 5.56 Å². The first-order valence-electron chi connectivity index (χ1n) is 4.12. The molecule has 1 aromatic rings. The van der Waals surface area contributed by atoms with Crippen LogP contribution in [0, 0.1) is 0 Å². The topological polar surface area (TPSA) is 57.6 Å². The van der Waals surface area contributed by atoms with Gasteiger partial charge in [0.1, 0.15) is 0 Å². The lowest BCUT2D eigenvalue weighted by atomic mass is 10.2. The van der Waals surface area contributed by atoms with Gasteiger partial charge in [-0.15, -0.1) is 0 Å². The Bertz CT molecular complexity index is 397. The number of pyridine rings is 1. The second kappa shape index (κ2) is 3.35. The number of aromatic nitrogens is 1. The van der Waals surface area contributed by atoms with Crippen molar-refractivity contribution >= 4 is 12.1 Å². The number of hydrogen-bond acceptors (Lipinski definition) is 3. The first kappa shape index (κ1) is 7.91. The zero-order chi connectivity index (χ0) is 9.10. The highest BCUT2D eigenvalue weighted by atomic mass is 16.1. The molecule has 0 amide bonds. The van der Waals surface area contributed by atoms with E-state index in [1.54, 1.807) is 12.3 Å². The van der Waals surface area contributed by atoms with Gasteiger partial charge in [-0.2, -0.15) is 0 Å². The third kappa shape index (κ3) is 1.72. The molecule has 2 heterocycles. The first-order chi connectivity index (χ1) is 6.36. The Morgan fingerprint density at radius 3 is 2.92 bits per heavy atom. The SMILES string of the molecule is O=c1ccc(C2=NCCC=N2)c[nH]1. The average molecular weight is 175 g/mol. The lowest BCUT2D eigenvalue weighted by Gasteiger charge is -2.03. The van der Waals surface area contributed by atoms with Crippen LogP contribution in [0.3, 0.4) is 0 Å². The van der Waals surface area contributed by atoms with Crippen LogP contribution in [-0.2, 0) is 0 Å². The Kier molecular flexibility index (Phi) is 2.04. The lowest BCUT2D eigenvalue weighted by molar-refractivity contribution is 1.03. The highest BCUT2D eigenvalue weighted by Gasteiger charge is 2.02. The van der Waals surface area contributed by atoms with Crippen molar-refractivity contribution in [3.63, 3.8) is 0 Å². The number of H-pyrrole nitrogens is 1. The molecule has 1 aliphatic heterocycles. The molecule has 0 radical (unpaired) electrons. The molecule has 0 bridgehead atoms. The van der Waals surface area contributed by atoms with E-state index in [2.05, 4.69) is 15.0 Å². The van der Waals surface area contributed by atoms with Crippen LogP contribution < -0.4 is 5.56 Å². The molecule has 0 aliphatic carbocycles. The molecule has 0 saturated heterocycles. The molecule has 0 aromatic carbocycles. The van der Waals surface area contributed by atoms with Crippen molar-refractivity contribution in [2.45, 2.75) is 6.42 Å². The fourth-order valence-electron chi connectivity index (χ4n) is 1.14. The van der Waals surface area contributed by atoms with Crippen LogP contribution in [0.5, 0.6) is 0 Å². The summed E-state index contributed by atoms with van der Waals surface area (Å²) in [7, 11) is 0. The van der Waals surface area contributed by atoms with Crippen molar-refractivity contribution in [2.24, 2.45) is 9.98 Å². The van der Waals surface area contributed by atoms with Crippen molar-refractivity contribution in [1.29, 1.82) is 0 Å². The fraction of sp³-hybridized carbons (Fsp3) is 0.222. The van der Waals surface area contributed by atoms with E-state index >= 15 is 0 Å². The molecule has 1 aliphatic rings. The Labute approximate surface area is 75.1 Å². The van der Waals surface area contributed by atoms with Gasteiger partial charge in [0.25, 0.3) is 0 Å². The molecule has 0 atom stereocenters. The number of rotatable bonds is 1. The van der Waals surface area contributed by atoms with E-state index in [1.807, 2.05) is 6.21 Å². The van der Waals surface area contributed by atoms with E-state index in [9.17, 15) is 4.79 Å². The van der Waals surface area contributed by atoms with Crippen LogP contribution >= 0.6 is 0 Å². The van der Waals surface area contributed by atoms with Gasteiger partial charge in [-0.1, -0.05) is 0 Å². The number of aromatic amines is 1. The van der Waals surface area contributed by atoms with Crippen LogP contribution in [0.25, 0.3) is 0 Å². The van der Waals surface area contributed by atoms with E-state index in [-0.39, 0.29) is 5.56 Å². The van der Waals surface area contributed by atoms with Gasteiger partial charge in [0.05, 0.1) is 0 Å². The van der Waals surface area contributed by atoms with Crippen LogP contribution in [-0.4, -0.2) is 23.6 Å². The number of nitrogens with zero attached hydrogens (tertiary/aromatic N) is 2. The molecule has 4 nitrogen and oxygen atoms in total. The van der Waals surface area contributed by atoms with Gasteiger partial charge in [0.15, 0.2) is 5.84 Å². The predicted molar refractivity (Wildman–Crippen MR) is 51.6 cm³/mol. The molecular weight excluding hydrogens is 166 g/mol. The van der Waals surface area contributed by atoms with Crippen LogP contribution in [0.4, 0.5) is 0 Å². The Balaban J connectivity index is 2.35. The molecule has 66 valence electrons. The average Bonchev–Trinajstić information content (AvgIpc) is 2.20. The standard InChI is InChI=1S/C9H9N3O/c13-8-3-2-7(6-12-8)9-10-4-1-5-11-9/h2-4,6H,1,5H2,(H,12,13). The van der Waals surface area contributed by atoms with E-state index in [0.717, 1.165) is 18.5 Å². The minimum atomic E-state index is -0.107. The molecular formula is C9H9N3O. The molecule has 2 rings (SSSR count). The van der Waals surface area contributed by atoms with Gasteiger partial charge < -0.3 is 4.98 Å². The van der Waals surface area contributed by atoms with Gasteiger partial charge in [0, 0.05) is 37.0 Å². The van der Waals surface area contributed by atoms with Crippen molar-refractivity contribution in [3.05, 3.63) is 34.2 Å². The highest BCUT2D eigenvalue weighted by molar-refractivity contribution is 6.03. The van der Waals surface area contributed by atoms with E-state index in [1.165, 1.54) is 6.07 Å². The summed E-state index contributed by atoms with van der Waals surface area (Å²) in [5.74, 6) is 0.697. The Hall–Kier alpha value is -1.71. The monoisotopic (exact) mass is 175 g/mol. The largest absolute Gasteiger partial charge is 0.328 e.